The summed E-state index contributed by atoms with van der Waals surface area (Å²) in [5.41, 5.74) is 5.88. The Morgan fingerprint density at radius 1 is 0.741 bits per heavy atom. The molecule has 27 heavy (non-hydrogen) atoms. The van der Waals surface area contributed by atoms with Crippen LogP contribution < -0.4 is 4.74 Å². The average molecular weight is 351 g/mol. The number of hydrogen-bond acceptors (Lipinski definition) is 5. The molecule has 6 nitrogen and oxygen atoms in total. The van der Waals surface area contributed by atoms with E-state index in [9.17, 15) is 0 Å². The third-order valence-corrected chi connectivity index (χ3v) is 4.98. The second-order valence-corrected chi connectivity index (χ2v) is 6.45. The first-order chi connectivity index (χ1) is 13.3. The van der Waals surface area contributed by atoms with Crippen LogP contribution in [0.5, 0.6) is 5.75 Å². The Kier molecular flexibility index (Phi) is 2.72. The molecule has 0 amide bonds. The SMILES string of the molecule is COc1ccc2[nH]c3nc4c5cccnc5c5ncccc5c4nc3c2c1. The highest BCUT2D eigenvalue weighted by Crippen LogP contribution is 2.34. The van der Waals surface area contributed by atoms with E-state index in [4.69, 9.17) is 14.7 Å². The number of nitrogens with one attached hydrogen (secondary N) is 1. The van der Waals surface area contributed by atoms with E-state index in [-0.39, 0.29) is 0 Å². The topological polar surface area (TPSA) is 76.6 Å². The second kappa shape index (κ2) is 5.11. The van der Waals surface area contributed by atoms with Crippen molar-refractivity contribution in [3.63, 3.8) is 0 Å². The van der Waals surface area contributed by atoms with Crippen molar-refractivity contribution in [2.24, 2.45) is 0 Å². The largest absolute Gasteiger partial charge is 0.497 e. The maximum Gasteiger partial charge on any atom is 0.157 e. The molecule has 6 rings (SSSR count). The summed E-state index contributed by atoms with van der Waals surface area (Å²) in [5.74, 6) is 0.791. The van der Waals surface area contributed by atoms with E-state index >= 15 is 0 Å². The molecule has 6 aromatic rings. The van der Waals surface area contributed by atoms with Gasteiger partial charge in [-0.05, 0) is 42.5 Å². The van der Waals surface area contributed by atoms with Gasteiger partial charge in [0.05, 0.1) is 23.7 Å². The maximum absolute atomic E-state index is 5.38. The summed E-state index contributed by atoms with van der Waals surface area (Å²) in [6.45, 7) is 0. The number of aromatic amines is 1. The Balaban J connectivity index is 1.89. The molecule has 2 aromatic carbocycles. The van der Waals surface area contributed by atoms with Gasteiger partial charge in [-0.15, -0.1) is 0 Å². The molecule has 0 spiro atoms. The third-order valence-electron chi connectivity index (χ3n) is 4.98. The number of pyridine rings is 2. The Hall–Kier alpha value is -3.80. The molecule has 128 valence electrons. The fraction of sp³-hybridized carbons (Fsp3) is 0.0476. The minimum atomic E-state index is 0.749. The van der Waals surface area contributed by atoms with Crippen molar-refractivity contribution in [3.8, 4) is 5.75 Å². The van der Waals surface area contributed by atoms with E-state index in [0.717, 1.165) is 60.7 Å². The number of hydrogen-bond donors (Lipinski definition) is 1. The minimum Gasteiger partial charge on any atom is -0.497 e. The highest BCUT2D eigenvalue weighted by atomic mass is 16.5. The summed E-state index contributed by atoms with van der Waals surface area (Å²) in [4.78, 5) is 22.4. The Bertz CT molecular complexity index is 1520. The van der Waals surface area contributed by atoms with Gasteiger partial charge in [0.15, 0.2) is 5.65 Å². The number of fused-ring (bicyclic) bond motifs is 9. The molecular weight excluding hydrogens is 338 g/mol. The number of benzene rings is 2. The lowest BCUT2D eigenvalue weighted by molar-refractivity contribution is 0.415. The van der Waals surface area contributed by atoms with E-state index in [1.165, 1.54) is 0 Å². The van der Waals surface area contributed by atoms with Crippen LogP contribution in [0.25, 0.3) is 54.9 Å². The molecule has 0 saturated heterocycles. The van der Waals surface area contributed by atoms with Crippen molar-refractivity contribution >= 4 is 54.9 Å². The summed E-state index contributed by atoms with van der Waals surface area (Å²) in [5, 5.41) is 2.89. The molecule has 1 N–H and O–H groups in total. The minimum absolute atomic E-state index is 0.749. The fourth-order valence-electron chi connectivity index (χ4n) is 3.74. The summed E-state index contributed by atoms with van der Waals surface area (Å²) in [7, 11) is 1.66. The molecule has 6 heteroatoms. The van der Waals surface area contributed by atoms with Crippen LogP contribution in [0.2, 0.25) is 0 Å². The normalized spacial score (nSPS) is 11.9. The molecule has 4 aromatic heterocycles. The first-order valence-corrected chi connectivity index (χ1v) is 8.62. The molecule has 0 saturated carbocycles. The molecule has 4 heterocycles. The van der Waals surface area contributed by atoms with Crippen LogP contribution in [0.3, 0.4) is 0 Å². The van der Waals surface area contributed by atoms with E-state index in [1.807, 2.05) is 42.5 Å². The van der Waals surface area contributed by atoms with Crippen molar-refractivity contribution in [1.29, 1.82) is 0 Å². The molecular formula is C21H13N5O. The van der Waals surface area contributed by atoms with Crippen molar-refractivity contribution in [1.82, 2.24) is 24.9 Å². The van der Waals surface area contributed by atoms with Crippen LogP contribution in [0.15, 0.2) is 54.9 Å². The van der Waals surface area contributed by atoms with Crippen LogP contribution >= 0.6 is 0 Å². The summed E-state index contributed by atoms with van der Waals surface area (Å²) < 4.78 is 5.38. The average Bonchev–Trinajstić information content (AvgIpc) is 3.09. The number of ether oxygens (including phenoxy) is 1. The maximum atomic E-state index is 5.38. The highest BCUT2D eigenvalue weighted by Gasteiger charge is 2.16. The number of H-pyrrole nitrogens is 1. The Morgan fingerprint density at radius 2 is 1.44 bits per heavy atom. The number of rotatable bonds is 1. The van der Waals surface area contributed by atoms with Crippen molar-refractivity contribution in [2.75, 3.05) is 7.11 Å². The molecule has 0 aliphatic heterocycles. The zero-order valence-electron chi connectivity index (χ0n) is 14.4. The van der Waals surface area contributed by atoms with Crippen LogP contribution in [0, 0.1) is 0 Å². The molecule has 0 radical (unpaired) electrons. The van der Waals surface area contributed by atoms with Crippen LogP contribution in [0.4, 0.5) is 0 Å². The predicted octanol–water partition coefficient (Wildman–Crippen LogP) is 4.37. The number of aromatic nitrogens is 5. The fourth-order valence-corrected chi connectivity index (χ4v) is 3.74. The van der Waals surface area contributed by atoms with Gasteiger partial charge < -0.3 is 9.72 Å². The standard InChI is InChI=1S/C21H13N5O/c1-27-11-6-7-15-14(10-11)20-21(24-15)26-19-13-5-3-9-23-17(13)16-12(18(19)25-20)4-2-8-22-16/h2-10H,1H3,(H,24,26). The van der Waals surface area contributed by atoms with Crippen molar-refractivity contribution in [2.45, 2.75) is 0 Å². The van der Waals surface area contributed by atoms with Crippen LogP contribution in [-0.2, 0) is 0 Å². The third kappa shape index (κ3) is 1.89. The van der Waals surface area contributed by atoms with Gasteiger partial charge >= 0.3 is 0 Å². The van der Waals surface area contributed by atoms with Gasteiger partial charge in [-0.25, -0.2) is 9.97 Å². The van der Waals surface area contributed by atoms with Gasteiger partial charge in [0.25, 0.3) is 0 Å². The Morgan fingerprint density at radius 3 is 2.15 bits per heavy atom. The quantitative estimate of drug-likeness (QED) is 0.445. The zero-order chi connectivity index (χ0) is 18.0. The zero-order valence-corrected chi connectivity index (χ0v) is 14.4. The van der Waals surface area contributed by atoms with Gasteiger partial charge in [-0.2, -0.15) is 0 Å². The van der Waals surface area contributed by atoms with E-state index < -0.39 is 0 Å². The van der Waals surface area contributed by atoms with Gasteiger partial charge in [0.1, 0.15) is 16.8 Å². The second-order valence-electron chi connectivity index (χ2n) is 6.45. The smallest absolute Gasteiger partial charge is 0.157 e. The highest BCUT2D eigenvalue weighted by molar-refractivity contribution is 6.22. The summed E-state index contributed by atoms with van der Waals surface area (Å²) >= 11 is 0. The first kappa shape index (κ1) is 14.4. The van der Waals surface area contributed by atoms with E-state index in [2.05, 4.69) is 15.0 Å². The summed E-state index contributed by atoms with van der Waals surface area (Å²) in [6, 6.07) is 13.8. The van der Waals surface area contributed by atoms with E-state index in [1.54, 1.807) is 19.5 Å². The summed E-state index contributed by atoms with van der Waals surface area (Å²) in [6.07, 6.45) is 3.56. The van der Waals surface area contributed by atoms with Crippen molar-refractivity contribution < 1.29 is 4.74 Å². The molecule has 0 unspecified atom stereocenters. The van der Waals surface area contributed by atoms with Crippen molar-refractivity contribution in [3.05, 3.63) is 54.9 Å². The first-order valence-electron chi connectivity index (χ1n) is 8.62. The lowest BCUT2D eigenvalue weighted by atomic mass is 10.1. The monoisotopic (exact) mass is 351 g/mol. The van der Waals surface area contributed by atoms with Crippen LogP contribution in [0.1, 0.15) is 0 Å². The molecule has 0 fully saturated rings. The lowest BCUT2D eigenvalue weighted by Crippen LogP contribution is -1.93. The molecule has 0 aliphatic carbocycles. The van der Waals surface area contributed by atoms with Gasteiger partial charge in [-0.1, -0.05) is 0 Å². The van der Waals surface area contributed by atoms with E-state index in [0.29, 0.717) is 0 Å². The van der Waals surface area contributed by atoms with Crippen LogP contribution in [-0.4, -0.2) is 32.0 Å². The number of nitrogens with zero attached hydrogens (tertiary/aromatic N) is 4. The molecule has 0 aliphatic rings. The van der Waals surface area contributed by atoms with Gasteiger partial charge in [0, 0.05) is 34.1 Å². The Labute approximate surface area is 152 Å². The van der Waals surface area contributed by atoms with Gasteiger partial charge in [-0.3, -0.25) is 9.97 Å². The number of methoxy groups -OCH3 is 1. The van der Waals surface area contributed by atoms with Gasteiger partial charge in [0.2, 0.25) is 0 Å². The predicted molar refractivity (Wildman–Crippen MR) is 106 cm³/mol. The lowest BCUT2D eigenvalue weighted by Gasteiger charge is -2.07. The molecule has 0 bridgehead atoms. The molecule has 0 atom stereocenters.